The van der Waals surface area contributed by atoms with Crippen molar-refractivity contribution in [3.63, 3.8) is 0 Å². The maximum Gasteiger partial charge on any atom is 0.262 e. The van der Waals surface area contributed by atoms with E-state index in [0.717, 1.165) is 6.42 Å². The maximum absolute atomic E-state index is 12.7. The minimum Gasteiger partial charge on any atom is -0.353 e. The Morgan fingerprint density at radius 1 is 1.48 bits per heavy atom. The lowest BCUT2D eigenvalue weighted by Gasteiger charge is -2.14. The van der Waals surface area contributed by atoms with Crippen molar-refractivity contribution >= 4 is 40.2 Å². The van der Waals surface area contributed by atoms with Crippen LogP contribution in [0.1, 0.15) is 33.1 Å². The number of benzene rings is 1. The molecule has 1 aliphatic carbocycles. The Labute approximate surface area is 156 Å². The fourth-order valence-corrected chi connectivity index (χ4v) is 3.85. The van der Waals surface area contributed by atoms with Gasteiger partial charge in [-0.05, 0) is 50.3 Å². The van der Waals surface area contributed by atoms with Crippen LogP contribution < -0.4 is 10.9 Å². The Balaban J connectivity index is 1.82. The topological polar surface area (TPSA) is 64.0 Å². The Morgan fingerprint density at radius 2 is 2.24 bits per heavy atom. The van der Waals surface area contributed by atoms with E-state index in [0.29, 0.717) is 33.5 Å². The van der Waals surface area contributed by atoms with Crippen LogP contribution in [-0.4, -0.2) is 27.3 Å². The number of amides is 1. The predicted octanol–water partition coefficient (Wildman–Crippen LogP) is 3.47. The smallest absolute Gasteiger partial charge is 0.262 e. The molecule has 0 bridgehead atoms. The molecule has 1 fully saturated rings. The van der Waals surface area contributed by atoms with Crippen molar-refractivity contribution in [3.8, 4) is 0 Å². The van der Waals surface area contributed by atoms with Crippen molar-refractivity contribution in [1.29, 1.82) is 0 Å². The number of carbonyl (C=O) groups excluding carboxylic acids is 1. The first-order chi connectivity index (χ1) is 12.0. The van der Waals surface area contributed by atoms with Gasteiger partial charge in [0.1, 0.15) is 0 Å². The molecule has 0 aliphatic heterocycles. The first-order valence-electron chi connectivity index (χ1n) is 8.62. The quantitative estimate of drug-likeness (QED) is 0.591. The third kappa shape index (κ3) is 4.36. The van der Waals surface area contributed by atoms with Crippen molar-refractivity contribution in [2.45, 2.75) is 50.9 Å². The standard InChI is InChI=1S/C18H22ClN3O2S/c1-3-8-22-17(24)14-7-6-13(19)9-15(14)21-18(22)25-10-16(23)20-11(2)12-4-5-12/h6-7,9,11-12H,3-5,8,10H2,1-2H3,(H,20,23). The van der Waals surface area contributed by atoms with E-state index in [1.807, 2.05) is 13.8 Å². The summed E-state index contributed by atoms with van der Waals surface area (Å²) in [4.78, 5) is 29.5. The number of aromatic nitrogens is 2. The summed E-state index contributed by atoms with van der Waals surface area (Å²) in [6.45, 7) is 4.63. The van der Waals surface area contributed by atoms with Crippen molar-refractivity contribution in [2.75, 3.05) is 5.75 Å². The minimum absolute atomic E-state index is 0.0205. The Bertz CT molecular complexity index is 848. The van der Waals surface area contributed by atoms with Crippen LogP contribution in [0.25, 0.3) is 10.9 Å². The van der Waals surface area contributed by atoms with Crippen molar-refractivity contribution < 1.29 is 4.79 Å². The number of hydrogen-bond acceptors (Lipinski definition) is 4. The number of carbonyl (C=O) groups is 1. The molecule has 134 valence electrons. The summed E-state index contributed by atoms with van der Waals surface area (Å²) in [5.41, 5.74) is 0.483. The van der Waals surface area contributed by atoms with Gasteiger partial charge in [0, 0.05) is 17.6 Å². The third-order valence-corrected chi connectivity index (χ3v) is 5.59. The van der Waals surface area contributed by atoms with Crippen molar-refractivity contribution in [2.24, 2.45) is 5.92 Å². The van der Waals surface area contributed by atoms with E-state index >= 15 is 0 Å². The molecular formula is C18H22ClN3O2S. The molecule has 1 N–H and O–H groups in total. The van der Waals surface area contributed by atoms with Gasteiger partial charge in [0.2, 0.25) is 5.91 Å². The van der Waals surface area contributed by atoms with Crippen molar-refractivity contribution in [1.82, 2.24) is 14.9 Å². The van der Waals surface area contributed by atoms with E-state index in [9.17, 15) is 9.59 Å². The summed E-state index contributed by atoms with van der Waals surface area (Å²) in [5.74, 6) is 0.847. The molecule has 1 amide bonds. The Hall–Kier alpha value is -1.53. The summed E-state index contributed by atoms with van der Waals surface area (Å²) in [6.07, 6.45) is 3.20. The van der Waals surface area contributed by atoms with Crippen LogP contribution in [0.15, 0.2) is 28.2 Å². The molecule has 0 radical (unpaired) electrons. The number of halogens is 1. The normalized spacial score (nSPS) is 15.3. The van der Waals surface area contributed by atoms with E-state index in [4.69, 9.17) is 11.6 Å². The fourth-order valence-electron chi connectivity index (χ4n) is 2.84. The van der Waals surface area contributed by atoms with E-state index in [-0.39, 0.29) is 23.3 Å². The molecule has 2 aromatic rings. The molecule has 1 aromatic heterocycles. The molecule has 0 spiro atoms. The molecule has 7 heteroatoms. The van der Waals surface area contributed by atoms with E-state index < -0.39 is 0 Å². The molecule has 25 heavy (non-hydrogen) atoms. The second-order valence-corrected chi connectivity index (χ2v) is 7.87. The van der Waals surface area contributed by atoms with Gasteiger partial charge in [0.05, 0.1) is 16.7 Å². The number of nitrogens with one attached hydrogen (secondary N) is 1. The monoisotopic (exact) mass is 379 g/mol. The third-order valence-electron chi connectivity index (χ3n) is 4.38. The van der Waals surface area contributed by atoms with Gasteiger partial charge >= 0.3 is 0 Å². The lowest BCUT2D eigenvalue weighted by atomic mass is 10.2. The zero-order chi connectivity index (χ0) is 18.0. The van der Waals surface area contributed by atoms with Crippen LogP contribution >= 0.6 is 23.4 Å². The van der Waals surface area contributed by atoms with Crippen LogP contribution in [0.4, 0.5) is 0 Å². The molecule has 1 aromatic carbocycles. The Morgan fingerprint density at radius 3 is 2.92 bits per heavy atom. The number of nitrogens with zero attached hydrogens (tertiary/aromatic N) is 2. The number of rotatable bonds is 7. The average Bonchev–Trinajstić information content (AvgIpc) is 3.40. The molecule has 1 saturated carbocycles. The minimum atomic E-state index is -0.0854. The SMILES string of the molecule is CCCn1c(SCC(=O)NC(C)C2CC2)nc2cc(Cl)ccc2c1=O. The summed E-state index contributed by atoms with van der Waals surface area (Å²) < 4.78 is 1.65. The zero-order valence-electron chi connectivity index (χ0n) is 14.4. The lowest BCUT2D eigenvalue weighted by Crippen LogP contribution is -2.35. The van der Waals surface area contributed by atoms with Crippen LogP contribution in [-0.2, 0) is 11.3 Å². The molecule has 1 heterocycles. The van der Waals surface area contributed by atoms with Crippen molar-refractivity contribution in [3.05, 3.63) is 33.6 Å². The molecule has 3 rings (SSSR count). The van der Waals surface area contributed by atoms with Gasteiger partial charge in [-0.15, -0.1) is 0 Å². The Kier molecular flexibility index (Phi) is 5.69. The highest BCUT2D eigenvalue weighted by atomic mass is 35.5. The van der Waals surface area contributed by atoms with Gasteiger partial charge in [0.25, 0.3) is 5.56 Å². The summed E-state index contributed by atoms with van der Waals surface area (Å²) >= 11 is 7.33. The van der Waals surface area contributed by atoms with Crippen LogP contribution in [0.5, 0.6) is 0 Å². The number of thioether (sulfide) groups is 1. The van der Waals surface area contributed by atoms with Gasteiger partial charge in [-0.3, -0.25) is 14.2 Å². The fraction of sp³-hybridized carbons (Fsp3) is 0.500. The highest BCUT2D eigenvalue weighted by Gasteiger charge is 2.28. The summed E-state index contributed by atoms with van der Waals surface area (Å²) in [6, 6.07) is 5.31. The molecule has 1 unspecified atom stereocenters. The van der Waals surface area contributed by atoms with Gasteiger partial charge in [0.15, 0.2) is 5.16 Å². The molecule has 1 atom stereocenters. The highest BCUT2D eigenvalue weighted by molar-refractivity contribution is 7.99. The first-order valence-corrected chi connectivity index (χ1v) is 9.98. The van der Waals surface area contributed by atoms with Gasteiger partial charge in [-0.25, -0.2) is 4.98 Å². The molecular weight excluding hydrogens is 358 g/mol. The van der Waals surface area contributed by atoms with E-state index in [1.54, 1.807) is 22.8 Å². The van der Waals surface area contributed by atoms with Gasteiger partial charge < -0.3 is 5.32 Å². The highest BCUT2D eigenvalue weighted by Crippen LogP contribution is 2.32. The molecule has 0 saturated heterocycles. The molecule has 1 aliphatic rings. The van der Waals surface area contributed by atoms with Crippen LogP contribution in [0, 0.1) is 5.92 Å². The predicted molar refractivity (Wildman–Crippen MR) is 102 cm³/mol. The second kappa shape index (κ2) is 7.79. The van der Waals surface area contributed by atoms with E-state index in [2.05, 4.69) is 10.3 Å². The van der Waals surface area contributed by atoms with Gasteiger partial charge in [-0.2, -0.15) is 0 Å². The summed E-state index contributed by atoms with van der Waals surface area (Å²) in [7, 11) is 0. The number of fused-ring (bicyclic) bond motifs is 1. The van der Waals surface area contributed by atoms with Gasteiger partial charge in [-0.1, -0.05) is 30.3 Å². The van der Waals surface area contributed by atoms with Crippen LogP contribution in [0.3, 0.4) is 0 Å². The van der Waals surface area contributed by atoms with Crippen LogP contribution in [0.2, 0.25) is 5.02 Å². The molecule has 5 nitrogen and oxygen atoms in total. The number of hydrogen-bond donors (Lipinski definition) is 1. The second-order valence-electron chi connectivity index (χ2n) is 6.49. The average molecular weight is 380 g/mol. The summed E-state index contributed by atoms with van der Waals surface area (Å²) in [5, 5.41) is 4.69. The lowest BCUT2D eigenvalue weighted by molar-refractivity contribution is -0.119. The maximum atomic E-state index is 12.7. The zero-order valence-corrected chi connectivity index (χ0v) is 16.0. The largest absolute Gasteiger partial charge is 0.353 e. The first kappa shape index (κ1) is 18.3. The van der Waals surface area contributed by atoms with E-state index in [1.165, 1.54) is 24.6 Å².